The maximum Gasteiger partial charge on any atom is 0.344 e. The molecule has 1 amide bonds. The van der Waals surface area contributed by atoms with Gasteiger partial charge in [0.2, 0.25) is 0 Å². The lowest BCUT2D eigenvalue weighted by molar-refractivity contribution is -0.140. The fraction of sp³-hybridized carbons (Fsp3) is 0.263. The first kappa shape index (κ1) is 17.1. The summed E-state index contributed by atoms with van der Waals surface area (Å²) >= 11 is 0. The summed E-state index contributed by atoms with van der Waals surface area (Å²) in [5, 5.41) is 0. The van der Waals surface area contributed by atoms with E-state index in [1.54, 1.807) is 4.90 Å². The first-order valence-electron chi connectivity index (χ1n) is 7.98. The van der Waals surface area contributed by atoms with Gasteiger partial charge in [0.25, 0.3) is 5.91 Å². The number of ether oxygens (including phenoxy) is 1. The van der Waals surface area contributed by atoms with Crippen LogP contribution in [0.3, 0.4) is 0 Å². The first-order valence-corrected chi connectivity index (χ1v) is 7.98. The van der Waals surface area contributed by atoms with Gasteiger partial charge in [-0.05, 0) is 36.6 Å². The number of benzene rings is 2. The Balaban J connectivity index is 1.68. The number of carbonyl (C=O) groups is 2. The Hall–Kier alpha value is -2.76. The van der Waals surface area contributed by atoms with Crippen LogP contribution in [0.5, 0.6) is 0 Å². The van der Waals surface area contributed by atoms with Gasteiger partial charge in [-0.15, -0.1) is 0 Å². The van der Waals surface area contributed by atoms with Crippen molar-refractivity contribution in [1.29, 1.82) is 0 Å². The number of amides is 1. The Morgan fingerprint density at radius 2 is 1.68 bits per heavy atom. The summed E-state index contributed by atoms with van der Waals surface area (Å²) < 4.78 is 32.3. The third-order valence-corrected chi connectivity index (χ3v) is 4.24. The van der Waals surface area contributed by atoms with E-state index in [0.717, 1.165) is 23.8 Å². The van der Waals surface area contributed by atoms with Crippen molar-refractivity contribution >= 4 is 11.9 Å². The van der Waals surface area contributed by atoms with Crippen LogP contribution < -0.4 is 0 Å². The highest BCUT2D eigenvalue weighted by atomic mass is 19.1. The minimum Gasteiger partial charge on any atom is -0.449 e. The maximum atomic E-state index is 13.6. The molecule has 0 aliphatic carbocycles. The smallest absolute Gasteiger partial charge is 0.344 e. The minimum absolute atomic E-state index is 0.389. The van der Waals surface area contributed by atoms with E-state index in [1.807, 2.05) is 24.3 Å². The molecule has 130 valence electrons. The molecule has 0 aromatic heterocycles. The van der Waals surface area contributed by atoms with Crippen LogP contribution in [0.1, 0.15) is 28.4 Å². The number of nitrogens with zero attached hydrogens (tertiary/aromatic N) is 1. The molecule has 0 saturated heterocycles. The molecule has 2 aromatic carbocycles. The summed E-state index contributed by atoms with van der Waals surface area (Å²) in [5.74, 6) is -3.61. The van der Waals surface area contributed by atoms with Gasteiger partial charge in [-0.3, -0.25) is 4.79 Å². The van der Waals surface area contributed by atoms with Gasteiger partial charge in [-0.2, -0.15) is 0 Å². The van der Waals surface area contributed by atoms with E-state index in [4.69, 9.17) is 4.74 Å². The summed E-state index contributed by atoms with van der Waals surface area (Å²) in [6.07, 6.45) is -0.415. The second kappa shape index (κ2) is 7.01. The monoisotopic (exact) mass is 345 g/mol. The molecule has 2 aromatic rings. The molecular formula is C19H17F2NO3. The molecule has 25 heavy (non-hydrogen) atoms. The Morgan fingerprint density at radius 3 is 2.36 bits per heavy atom. The van der Waals surface area contributed by atoms with Gasteiger partial charge in [0.15, 0.2) is 6.10 Å². The van der Waals surface area contributed by atoms with Crippen LogP contribution in [0.2, 0.25) is 0 Å². The molecule has 0 N–H and O–H groups in total. The zero-order chi connectivity index (χ0) is 18.0. The number of hydrogen-bond acceptors (Lipinski definition) is 3. The molecule has 1 aliphatic rings. The maximum absolute atomic E-state index is 13.6. The molecule has 0 fully saturated rings. The molecule has 1 atom stereocenters. The molecule has 0 bridgehead atoms. The van der Waals surface area contributed by atoms with Crippen molar-refractivity contribution in [2.24, 2.45) is 0 Å². The second-order valence-corrected chi connectivity index (χ2v) is 5.92. The lowest BCUT2D eigenvalue weighted by Gasteiger charge is -2.30. The van der Waals surface area contributed by atoms with E-state index in [0.29, 0.717) is 19.5 Å². The molecule has 3 rings (SSSR count). The third-order valence-electron chi connectivity index (χ3n) is 4.24. The number of esters is 1. The molecular weight excluding hydrogens is 328 g/mol. The number of fused-ring (bicyclic) bond motifs is 1. The van der Waals surface area contributed by atoms with Gasteiger partial charge in [-0.1, -0.05) is 30.3 Å². The van der Waals surface area contributed by atoms with Crippen molar-refractivity contribution in [3.05, 3.63) is 70.8 Å². The lowest BCUT2D eigenvalue weighted by Crippen LogP contribution is -2.42. The molecule has 0 spiro atoms. The topological polar surface area (TPSA) is 46.6 Å². The van der Waals surface area contributed by atoms with E-state index in [9.17, 15) is 18.4 Å². The van der Waals surface area contributed by atoms with Crippen LogP contribution in [0.15, 0.2) is 42.5 Å². The number of carbonyl (C=O) groups excluding carboxylic acids is 2. The third kappa shape index (κ3) is 3.52. The van der Waals surface area contributed by atoms with E-state index in [2.05, 4.69) is 0 Å². The van der Waals surface area contributed by atoms with Crippen LogP contribution in [-0.2, 0) is 22.5 Å². The minimum atomic E-state index is -1.19. The Bertz CT molecular complexity index is 802. The lowest BCUT2D eigenvalue weighted by atomic mass is 9.99. The van der Waals surface area contributed by atoms with Gasteiger partial charge in [0.05, 0.1) is 0 Å². The largest absolute Gasteiger partial charge is 0.449 e. The predicted octanol–water partition coefficient (Wildman–Crippen LogP) is 3.10. The summed E-state index contributed by atoms with van der Waals surface area (Å²) in [4.78, 5) is 26.1. The average molecular weight is 345 g/mol. The first-order chi connectivity index (χ1) is 12.0. The number of halogens is 2. The van der Waals surface area contributed by atoms with E-state index in [-0.39, 0.29) is 5.91 Å². The molecule has 1 heterocycles. The Labute approximate surface area is 144 Å². The van der Waals surface area contributed by atoms with Gasteiger partial charge in [0, 0.05) is 13.1 Å². The molecule has 0 saturated carbocycles. The van der Waals surface area contributed by atoms with Crippen molar-refractivity contribution in [1.82, 2.24) is 4.90 Å². The normalized spacial score (nSPS) is 14.6. The van der Waals surface area contributed by atoms with Gasteiger partial charge in [0.1, 0.15) is 17.2 Å². The van der Waals surface area contributed by atoms with Gasteiger partial charge < -0.3 is 9.64 Å². The Morgan fingerprint density at radius 1 is 1.04 bits per heavy atom. The molecule has 1 aliphatic heterocycles. The quantitative estimate of drug-likeness (QED) is 0.803. The standard InChI is InChI=1S/C19H17F2NO3/c1-12(25-19(24)17-15(20)7-4-8-16(17)21)18(23)22-10-9-13-5-2-3-6-14(13)11-22/h2-8,12H,9-11H2,1H3/t12-/m1/s1. The van der Waals surface area contributed by atoms with Gasteiger partial charge in [-0.25, -0.2) is 13.6 Å². The molecule has 0 unspecified atom stereocenters. The van der Waals surface area contributed by atoms with Crippen LogP contribution in [0, 0.1) is 11.6 Å². The van der Waals surface area contributed by atoms with E-state index in [1.165, 1.54) is 12.5 Å². The number of hydrogen-bond donors (Lipinski definition) is 0. The summed E-state index contributed by atoms with van der Waals surface area (Å²) in [7, 11) is 0. The van der Waals surface area contributed by atoms with Crippen molar-refractivity contribution in [3.8, 4) is 0 Å². The Kier molecular flexibility index (Phi) is 4.79. The predicted molar refractivity (Wildman–Crippen MR) is 86.8 cm³/mol. The fourth-order valence-electron chi connectivity index (χ4n) is 2.90. The number of rotatable bonds is 3. The summed E-state index contributed by atoms with van der Waals surface area (Å²) in [6.45, 7) is 2.33. The van der Waals surface area contributed by atoms with E-state index >= 15 is 0 Å². The highest BCUT2D eigenvalue weighted by molar-refractivity contribution is 5.92. The zero-order valence-corrected chi connectivity index (χ0v) is 13.7. The average Bonchev–Trinajstić information content (AvgIpc) is 2.60. The van der Waals surface area contributed by atoms with Crippen molar-refractivity contribution in [2.45, 2.75) is 26.0 Å². The highest BCUT2D eigenvalue weighted by Crippen LogP contribution is 2.20. The van der Waals surface area contributed by atoms with Crippen molar-refractivity contribution in [2.75, 3.05) is 6.54 Å². The van der Waals surface area contributed by atoms with Crippen LogP contribution in [-0.4, -0.2) is 29.4 Å². The van der Waals surface area contributed by atoms with Crippen molar-refractivity contribution < 1.29 is 23.1 Å². The second-order valence-electron chi connectivity index (χ2n) is 5.92. The van der Waals surface area contributed by atoms with Crippen LogP contribution in [0.4, 0.5) is 8.78 Å². The summed E-state index contributed by atoms with van der Waals surface area (Å²) in [5.41, 5.74) is 1.44. The zero-order valence-electron chi connectivity index (χ0n) is 13.7. The molecule has 0 radical (unpaired) electrons. The highest BCUT2D eigenvalue weighted by Gasteiger charge is 2.29. The van der Waals surface area contributed by atoms with Crippen molar-refractivity contribution in [3.63, 3.8) is 0 Å². The summed E-state index contributed by atoms with van der Waals surface area (Å²) in [6, 6.07) is 10.9. The van der Waals surface area contributed by atoms with Crippen LogP contribution >= 0.6 is 0 Å². The van der Waals surface area contributed by atoms with Crippen LogP contribution in [0.25, 0.3) is 0 Å². The molecule has 6 heteroatoms. The fourth-order valence-corrected chi connectivity index (χ4v) is 2.90. The molecule has 4 nitrogen and oxygen atoms in total. The van der Waals surface area contributed by atoms with E-state index < -0.39 is 29.3 Å². The van der Waals surface area contributed by atoms with Gasteiger partial charge >= 0.3 is 5.97 Å². The SMILES string of the molecule is C[C@@H](OC(=O)c1c(F)cccc1F)C(=O)N1CCc2ccccc2C1.